The molecule has 7 nitrogen and oxygen atoms in total. The summed E-state index contributed by atoms with van der Waals surface area (Å²) in [5.41, 5.74) is 2.33. The maximum atomic E-state index is 14.7. The third-order valence-corrected chi connectivity index (χ3v) is 6.61. The molecule has 2 rings (SSSR count). The van der Waals surface area contributed by atoms with Crippen molar-refractivity contribution in [2.75, 3.05) is 39.6 Å². The van der Waals surface area contributed by atoms with Gasteiger partial charge in [-0.15, -0.1) is 0 Å². The van der Waals surface area contributed by atoms with E-state index >= 15 is 0 Å². The summed E-state index contributed by atoms with van der Waals surface area (Å²) >= 11 is 0. The number of aryl methyl sites for hydroxylation is 1. The molecule has 11 heteroatoms. The van der Waals surface area contributed by atoms with Crippen LogP contribution in [0.5, 0.6) is 0 Å². The number of aliphatic hydroxyl groups excluding tert-OH is 1. The molecule has 0 amide bonds. The zero-order valence-electron chi connectivity index (χ0n) is 25.7. The minimum Gasteiger partial charge on any atom is -0.396 e. The quantitative estimate of drug-likeness (QED) is 0.140. The molecule has 1 aliphatic rings. The highest BCUT2D eigenvalue weighted by molar-refractivity contribution is 5.85. The molecule has 0 fully saturated rings. The summed E-state index contributed by atoms with van der Waals surface area (Å²) in [7, 11) is 5.41. The van der Waals surface area contributed by atoms with Gasteiger partial charge in [0, 0.05) is 57.1 Å². The van der Waals surface area contributed by atoms with Gasteiger partial charge in [-0.25, -0.2) is 9.37 Å². The maximum Gasteiger partial charge on any atom is 0.435 e. The second-order valence-corrected chi connectivity index (χ2v) is 10.1. The Hall–Kier alpha value is -4.69. The van der Waals surface area contributed by atoms with Gasteiger partial charge in [0.2, 0.25) is 0 Å². The van der Waals surface area contributed by atoms with E-state index < -0.39 is 23.7 Å². The molecule has 0 saturated carbocycles. The van der Waals surface area contributed by atoms with Gasteiger partial charge < -0.3 is 20.2 Å². The second-order valence-electron chi connectivity index (χ2n) is 10.1. The Bertz CT molecular complexity index is 1490. The number of nitrogens with one attached hydrogen (secondary N) is 1. The number of nitrogens with zero attached hydrogens (tertiary/aromatic N) is 5. The highest BCUT2D eigenvalue weighted by Crippen LogP contribution is 2.35. The molecule has 44 heavy (non-hydrogen) atoms. The zero-order valence-corrected chi connectivity index (χ0v) is 25.7. The van der Waals surface area contributed by atoms with Crippen LogP contribution in [-0.4, -0.2) is 66.4 Å². The smallest absolute Gasteiger partial charge is 0.396 e. The van der Waals surface area contributed by atoms with Crippen LogP contribution in [-0.2, 0) is 6.18 Å². The monoisotopic (exact) mass is 611 g/mol. The Morgan fingerprint density at radius 1 is 1.30 bits per heavy atom. The number of rotatable bonds is 13. The first-order valence-electron chi connectivity index (χ1n) is 13.7. The lowest BCUT2D eigenvalue weighted by molar-refractivity contribution is -0.140. The molecule has 0 spiro atoms. The molecular weight excluding hydrogens is 572 g/mol. The van der Waals surface area contributed by atoms with Crippen LogP contribution < -0.4 is 5.32 Å². The average Bonchev–Trinajstić information content (AvgIpc) is 2.95. The van der Waals surface area contributed by atoms with E-state index in [0.29, 0.717) is 23.4 Å². The van der Waals surface area contributed by atoms with Gasteiger partial charge in [-0.1, -0.05) is 19.2 Å². The number of aromatic nitrogens is 1. The lowest BCUT2D eigenvalue weighted by Gasteiger charge is -2.24. The van der Waals surface area contributed by atoms with E-state index in [9.17, 15) is 22.7 Å². The molecule has 2 N–H and O–H groups in total. The number of hydrogen-bond acceptors (Lipinski definition) is 6. The summed E-state index contributed by atoms with van der Waals surface area (Å²) < 4.78 is 56.1. The number of aliphatic imine (C=N–C) groups is 1. The van der Waals surface area contributed by atoms with Crippen molar-refractivity contribution >= 4 is 11.9 Å². The number of alkyl halides is 3. The van der Waals surface area contributed by atoms with Gasteiger partial charge in [0.25, 0.3) is 6.57 Å². The number of anilines is 1. The Morgan fingerprint density at radius 3 is 2.59 bits per heavy atom. The molecule has 234 valence electrons. The first kappa shape index (κ1) is 35.5. The summed E-state index contributed by atoms with van der Waals surface area (Å²) in [4.78, 5) is 15.6. The number of pyridine rings is 1. The van der Waals surface area contributed by atoms with Crippen LogP contribution >= 0.6 is 0 Å². The van der Waals surface area contributed by atoms with Crippen LogP contribution in [0.25, 0.3) is 4.85 Å². The lowest BCUT2D eigenvalue weighted by Crippen LogP contribution is -2.23. The summed E-state index contributed by atoms with van der Waals surface area (Å²) in [5, 5.41) is 12.8. The molecule has 1 aliphatic heterocycles. The van der Waals surface area contributed by atoms with Gasteiger partial charge in [0.05, 0.1) is 23.5 Å². The molecule has 1 atom stereocenters. The molecule has 0 radical (unpaired) electrons. The lowest BCUT2D eigenvalue weighted by atomic mass is 9.96. The molecule has 2 heterocycles. The Morgan fingerprint density at radius 2 is 2.00 bits per heavy atom. The highest BCUT2D eigenvalue weighted by atomic mass is 19.4. The predicted molar refractivity (Wildman–Crippen MR) is 171 cm³/mol. The van der Waals surface area contributed by atoms with Gasteiger partial charge in [-0.3, -0.25) is 4.99 Å². The van der Waals surface area contributed by atoms with E-state index in [1.165, 1.54) is 31.3 Å². The molecule has 0 aromatic carbocycles. The zero-order chi connectivity index (χ0) is 33.0. The van der Waals surface area contributed by atoms with Crippen LogP contribution in [0.4, 0.5) is 23.2 Å². The molecule has 0 aliphatic carbocycles. The van der Waals surface area contributed by atoms with Crippen molar-refractivity contribution in [3.8, 4) is 6.57 Å². The molecule has 0 saturated heterocycles. The SMILES string of the molecule is C#[N+]/C=C(C=NCC1=CC=CC(=C)N1C)/C(=C/C(CCO)=C(/C=C(/F)C=C)[C@@H](C)Nc1ccc(C)nc1C(F)(F)F)N(C)C. The van der Waals surface area contributed by atoms with Crippen LogP contribution in [0.3, 0.4) is 0 Å². The second kappa shape index (κ2) is 16.2. The summed E-state index contributed by atoms with van der Waals surface area (Å²) in [6.45, 7) is 16.0. The summed E-state index contributed by atoms with van der Waals surface area (Å²) in [5.74, 6) is -0.711. The van der Waals surface area contributed by atoms with Crippen molar-refractivity contribution in [3.63, 3.8) is 0 Å². The third kappa shape index (κ3) is 9.95. The van der Waals surface area contributed by atoms with Gasteiger partial charge in [0.1, 0.15) is 5.83 Å². The minimum atomic E-state index is -4.72. The Kier molecular flexibility index (Phi) is 13.1. The number of aliphatic hydroxyl groups is 1. The van der Waals surface area contributed by atoms with Crippen molar-refractivity contribution in [3.05, 3.63) is 124 Å². The molecule has 0 bridgehead atoms. The fourth-order valence-electron chi connectivity index (χ4n) is 4.28. The van der Waals surface area contributed by atoms with Crippen molar-refractivity contribution in [2.24, 2.45) is 4.99 Å². The molecule has 0 unspecified atom stereocenters. The van der Waals surface area contributed by atoms with Gasteiger partial charge in [-0.2, -0.15) is 13.2 Å². The van der Waals surface area contributed by atoms with E-state index in [1.807, 2.05) is 30.2 Å². The van der Waals surface area contributed by atoms with Gasteiger partial charge in [-0.05, 0) is 78.8 Å². The molecule has 1 aromatic rings. The Balaban J connectivity index is 2.67. The normalized spacial score (nSPS) is 16.0. The fourth-order valence-corrected chi connectivity index (χ4v) is 4.28. The van der Waals surface area contributed by atoms with Crippen LogP contribution in [0.2, 0.25) is 0 Å². The standard InChI is InChI=1S/C33H39F4N6O/c1-9-27(34)18-29(24(4)41-30-14-13-22(2)40-32(30)33(35,36)37)25(15-16-44)17-31(42(6)7)26(19-38-5)20-39-21-28-12-10-11-23(3)43(28)8/h5,9-14,17-20,24,41,44H,1,3,15-16,21H2,2,4,6-8H3/q+1/b26-19+,27-18+,29-25-,31-17-,39-20?/t24-/m1/s1. The van der Waals surface area contributed by atoms with Crippen LogP contribution in [0.1, 0.15) is 24.7 Å². The Labute approximate surface area is 256 Å². The minimum absolute atomic E-state index is 0.0498. The van der Waals surface area contributed by atoms with E-state index in [0.717, 1.165) is 17.5 Å². The van der Waals surface area contributed by atoms with Crippen molar-refractivity contribution < 1.29 is 22.7 Å². The topological polar surface area (TPSA) is 68.3 Å². The van der Waals surface area contributed by atoms with Crippen molar-refractivity contribution in [1.29, 1.82) is 0 Å². The maximum absolute atomic E-state index is 14.7. The number of likely N-dealkylation sites (N-methyl/N-ethyl adjacent to an activating group) is 2. The number of halogens is 4. The van der Waals surface area contributed by atoms with E-state index in [2.05, 4.69) is 33.3 Å². The molecular formula is C33H39F4N6O+. The van der Waals surface area contributed by atoms with E-state index in [1.54, 1.807) is 38.2 Å². The van der Waals surface area contributed by atoms with Crippen LogP contribution in [0.15, 0.2) is 113 Å². The third-order valence-electron chi connectivity index (χ3n) is 6.61. The average molecular weight is 612 g/mol. The summed E-state index contributed by atoms with van der Waals surface area (Å²) in [6.07, 6.45) is 7.85. The number of hydrogen-bond donors (Lipinski definition) is 2. The van der Waals surface area contributed by atoms with Crippen molar-refractivity contribution in [1.82, 2.24) is 14.8 Å². The largest absolute Gasteiger partial charge is 0.435 e. The summed E-state index contributed by atoms with van der Waals surface area (Å²) in [6, 6.07) is 1.87. The first-order valence-corrected chi connectivity index (χ1v) is 13.7. The highest BCUT2D eigenvalue weighted by Gasteiger charge is 2.36. The fraction of sp³-hybridized carbons (Fsp3) is 0.303. The van der Waals surface area contributed by atoms with Gasteiger partial charge in [0.15, 0.2) is 5.69 Å². The van der Waals surface area contributed by atoms with Gasteiger partial charge >= 0.3 is 12.4 Å². The van der Waals surface area contributed by atoms with E-state index in [-0.39, 0.29) is 30.0 Å². The number of allylic oxidation sites excluding steroid dienone is 7. The molecule has 1 aromatic heterocycles. The van der Waals surface area contributed by atoms with Crippen LogP contribution in [0, 0.1) is 13.5 Å². The van der Waals surface area contributed by atoms with Crippen molar-refractivity contribution in [2.45, 2.75) is 32.5 Å². The van der Waals surface area contributed by atoms with E-state index in [4.69, 9.17) is 6.57 Å². The predicted octanol–water partition coefficient (Wildman–Crippen LogP) is 7.19. The first-order chi connectivity index (χ1) is 20.7.